The summed E-state index contributed by atoms with van der Waals surface area (Å²) in [7, 11) is 0. The number of halogens is 2. The Morgan fingerprint density at radius 2 is 2.29 bits per heavy atom. The molecule has 0 saturated carbocycles. The zero-order valence-corrected chi connectivity index (χ0v) is 9.08. The molecular formula is C10H8ClFOS. The molecule has 0 radical (unpaired) electrons. The van der Waals surface area contributed by atoms with Gasteiger partial charge in [0.05, 0.1) is 5.25 Å². The van der Waals surface area contributed by atoms with E-state index in [2.05, 4.69) is 0 Å². The molecule has 1 aromatic carbocycles. The van der Waals surface area contributed by atoms with E-state index in [4.69, 9.17) is 11.6 Å². The molecule has 1 nitrogen and oxygen atoms in total. The molecule has 4 heteroatoms. The van der Waals surface area contributed by atoms with Gasteiger partial charge in [-0.05, 0) is 19.1 Å². The number of ketones is 1. The zero-order valence-electron chi connectivity index (χ0n) is 7.51. The van der Waals surface area contributed by atoms with E-state index >= 15 is 0 Å². The second kappa shape index (κ2) is 3.55. The lowest BCUT2D eigenvalue weighted by atomic mass is 10.0. The third-order valence-corrected chi connectivity index (χ3v) is 3.66. The molecule has 74 valence electrons. The van der Waals surface area contributed by atoms with Crippen LogP contribution >= 0.6 is 23.4 Å². The van der Waals surface area contributed by atoms with Gasteiger partial charge in [0.25, 0.3) is 0 Å². The molecule has 1 unspecified atom stereocenters. The third-order valence-electron chi connectivity index (χ3n) is 2.27. The fraction of sp³-hybridized carbons (Fsp3) is 0.300. The Morgan fingerprint density at radius 1 is 1.57 bits per heavy atom. The Morgan fingerprint density at radius 3 is 3.00 bits per heavy atom. The summed E-state index contributed by atoms with van der Waals surface area (Å²) < 4.78 is 13.4. The summed E-state index contributed by atoms with van der Waals surface area (Å²) in [5, 5.41) is 0.189. The van der Waals surface area contributed by atoms with Crippen LogP contribution in [0, 0.1) is 5.82 Å². The van der Waals surface area contributed by atoms with Crippen molar-refractivity contribution in [1.29, 1.82) is 0 Å². The van der Waals surface area contributed by atoms with Crippen LogP contribution < -0.4 is 0 Å². The number of benzene rings is 1. The van der Waals surface area contributed by atoms with Gasteiger partial charge in [-0.25, -0.2) is 4.39 Å². The van der Waals surface area contributed by atoms with Crippen molar-refractivity contribution in [2.75, 3.05) is 0 Å². The van der Waals surface area contributed by atoms with Crippen LogP contribution in [0.1, 0.15) is 22.8 Å². The summed E-state index contributed by atoms with van der Waals surface area (Å²) >= 11 is 7.15. The lowest BCUT2D eigenvalue weighted by molar-refractivity contribution is 0.0991. The summed E-state index contributed by atoms with van der Waals surface area (Å²) in [6.45, 7) is 1.83. The average molecular weight is 231 g/mol. The summed E-state index contributed by atoms with van der Waals surface area (Å²) in [5.74, 6) is 0.142. The van der Waals surface area contributed by atoms with Crippen LogP contribution in [0.2, 0.25) is 5.02 Å². The van der Waals surface area contributed by atoms with E-state index in [1.165, 1.54) is 17.8 Å². The van der Waals surface area contributed by atoms with Gasteiger partial charge in [-0.3, -0.25) is 4.79 Å². The summed E-state index contributed by atoms with van der Waals surface area (Å²) in [6.07, 6.45) is 0. The molecule has 1 aliphatic rings. The van der Waals surface area contributed by atoms with Gasteiger partial charge in [0.15, 0.2) is 5.78 Å². The van der Waals surface area contributed by atoms with Crippen LogP contribution in [0.25, 0.3) is 0 Å². The maximum Gasteiger partial charge on any atom is 0.175 e. The molecular weight excluding hydrogens is 223 g/mol. The van der Waals surface area contributed by atoms with Gasteiger partial charge >= 0.3 is 0 Å². The minimum Gasteiger partial charge on any atom is -0.293 e. The first-order chi connectivity index (χ1) is 6.59. The molecule has 1 heterocycles. The van der Waals surface area contributed by atoms with Gasteiger partial charge in [-0.1, -0.05) is 11.6 Å². The van der Waals surface area contributed by atoms with Crippen molar-refractivity contribution >= 4 is 29.1 Å². The van der Waals surface area contributed by atoms with Crippen molar-refractivity contribution in [3.05, 3.63) is 34.1 Å². The van der Waals surface area contributed by atoms with Crippen LogP contribution in [0.3, 0.4) is 0 Å². The third kappa shape index (κ3) is 1.55. The van der Waals surface area contributed by atoms with E-state index in [1.807, 2.05) is 6.92 Å². The van der Waals surface area contributed by atoms with Crippen LogP contribution in [0.4, 0.5) is 4.39 Å². The monoisotopic (exact) mass is 230 g/mol. The second-order valence-electron chi connectivity index (χ2n) is 3.23. The van der Waals surface area contributed by atoms with Crippen LogP contribution in [-0.2, 0) is 5.75 Å². The minimum atomic E-state index is -0.375. The molecule has 0 amide bonds. The van der Waals surface area contributed by atoms with Crippen molar-refractivity contribution in [1.82, 2.24) is 0 Å². The van der Waals surface area contributed by atoms with Crippen LogP contribution in [0.5, 0.6) is 0 Å². The van der Waals surface area contributed by atoms with Gasteiger partial charge in [-0.2, -0.15) is 0 Å². The molecule has 14 heavy (non-hydrogen) atoms. The van der Waals surface area contributed by atoms with E-state index in [0.29, 0.717) is 16.9 Å². The van der Waals surface area contributed by atoms with Gasteiger partial charge in [0, 0.05) is 21.9 Å². The highest BCUT2D eigenvalue weighted by Crippen LogP contribution is 2.33. The summed E-state index contributed by atoms with van der Waals surface area (Å²) in [5.41, 5.74) is 0.934. The smallest absolute Gasteiger partial charge is 0.175 e. The van der Waals surface area contributed by atoms with Crippen LogP contribution in [0.15, 0.2) is 12.1 Å². The lowest BCUT2D eigenvalue weighted by Gasteiger charge is -2.20. The summed E-state index contributed by atoms with van der Waals surface area (Å²) in [6, 6.07) is 2.81. The second-order valence-corrected chi connectivity index (χ2v) is 5.00. The maximum atomic E-state index is 13.4. The number of rotatable bonds is 0. The predicted octanol–water partition coefficient (Wildman–Crippen LogP) is 3.30. The molecule has 0 spiro atoms. The average Bonchev–Trinajstić information content (AvgIpc) is 2.12. The van der Waals surface area contributed by atoms with Crippen molar-refractivity contribution in [2.24, 2.45) is 0 Å². The first kappa shape index (κ1) is 9.99. The van der Waals surface area contributed by atoms with Crippen molar-refractivity contribution in [2.45, 2.75) is 17.9 Å². The molecule has 0 aromatic heterocycles. The molecule has 1 aliphatic heterocycles. The van der Waals surface area contributed by atoms with Crippen molar-refractivity contribution < 1.29 is 9.18 Å². The number of hydrogen-bond acceptors (Lipinski definition) is 2. The fourth-order valence-corrected chi connectivity index (χ4v) is 2.67. The molecule has 0 fully saturated rings. The van der Waals surface area contributed by atoms with E-state index in [1.54, 1.807) is 6.07 Å². The predicted molar refractivity (Wildman–Crippen MR) is 56.5 cm³/mol. The zero-order chi connectivity index (χ0) is 10.3. The Kier molecular flexibility index (Phi) is 2.54. The SMILES string of the molecule is CC1SCc2c(F)cc(Cl)cc2C1=O. The molecule has 0 N–H and O–H groups in total. The topological polar surface area (TPSA) is 17.1 Å². The Balaban J connectivity index is 2.60. The Labute approximate surface area is 90.6 Å². The van der Waals surface area contributed by atoms with Gasteiger partial charge in [0.2, 0.25) is 0 Å². The molecule has 0 bridgehead atoms. The maximum absolute atomic E-state index is 13.4. The number of fused-ring (bicyclic) bond motifs is 1. The van der Waals surface area contributed by atoms with Gasteiger partial charge < -0.3 is 0 Å². The standard InChI is InChI=1S/C10H8ClFOS/c1-5-10(13)7-2-6(11)3-9(12)8(7)4-14-5/h2-3,5H,4H2,1H3. The van der Waals surface area contributed by atoms with E-state index in [-0.39, 0.29) is 21.9 Å². The highest BCUT2D eigenvalue weighted by Gasteiger charge is 2.26. The van der Waals surface area contributed by atoms with Crippen LogP contribution in [-0.4, -0.2) is 11.0 Å². The Hall–Kier alpha value is -0.540. The molecule has 2 rings (SSSR count). The number of thioether (sulfide) groups is 1. The fourth-order valence-electron chi connectivity index (χ4n) is 1.47. The first-order valence-corrected chi connectivity index (χ1v) is 5.66. The van der Waals surface area contributed by atoms with Gasteiger partial charge in [-0.15, -0.1) is 11.8 Å². The lowest BCUT2D eigenvalue weighted by Crippen LogP contribution is -2.21. The Bertz CT molecular complexity index is 405. The summed E-state index contributed by atoms with van der Waals surface area (Å²) in [4.78, 5) is 11.7. The molecule has 1 atom stereocenters. The molecule has 0 saturated heterocycles. The number of hydrogen-bond donors (Lipinski definition) is 0. The normalized spacial score (nSPS) is 20.8. The quantitative estimate of drug-likeness (QED) is 0.680. The number of carbonyl (C=O) groups excluding carboxylic acids is 1. The highest BCUT2D eigenvalue weighted by molar-refractivity contribution is 8.00. The highest BCUT2D eigenvalue weighted by atomic mass is 35.5. The first-order valence-electron chi connectivity index (χ1n) is 4.23. The van der Waals surface area contributed by atoms with E-state index in [0.717, 1.165) is 0 Å². The van der Waals surface area contributed by atoms with Crippen molar-refractivity contribution in [3.8, 4) is 0 Å². The minimum absolute atomic E-state index is 0.0300. The largest absolute Gasteiger partial charge is 0.293 e. The van der Waals surface area contributed by atoms with Crippen molar-refractivity contribution in [3.63, 3.8) is 0 Å². The van der Waals surface area contributed by atoms with Gasteiger partial charge in [0.1, 0.15) is 5.82 Å². The number of carbonyl (C=O) groups is 1. The van der Waals surface area contributed by atoms with E-state index < -0.39 is 0 Å². The van der Waals surface area contributed by atoms with E-state index in [9.17, 15) is 9.18 Å². The molecule has 1 aromatic rings. The molecule has 0 aliphatic carbocycles. The number of Topliss-reactive ketones (excluding diaryl/α,β-unsaturated/α-hetero) is 1.